The van der Waals surface area contributed by atoms with E-state index >= 15 is 4.39 Å². The summed E-state index contributed by atoms with van der Waals surface area (Å²) in [5, 5.41) is 0. The molecule has 2 aromatic heterocycles. The maximum Gasteiger partial charge on any atom is 0.463 e. The van der Waals surface area contributed by atoms with Crippen molar-refractivity contribution < 1.29 is 32.2 Å². The van der Waals surface area contributed by atoms with Gasteiger partial charge in [0.1, 0.15) is 41.0 Å². The van der Waals surface area contributed by atoms with E-state index in [-0.39, 0.29) is 18.8 Å². The van der Waals surface area contributed by atoms with Crippen LogP contribution in [-0.4, -0.2) is 52.6 Å². The van der Waals surface area contributed by atoms with E-state index in [0.29, 0.717) is 34.2 Å². The van der Waals surface area contributed by atoms with E-state index in [0.717, 1.165) is 0 Å². The minimum atomic E-state index is -1.90. The predicted octanol–water partition coefficient (Wildman–Crippen LogP) is 4.45. The third kappa shape index (κ3) is 5.66. The van der Waals surface area contributed by atoms with Crippen LogP contribution >= 0.6 is 8.60 Å². The molecule has 4 aromatic rings. The van der Waals surface area contributed by atoms with Gasteiger partial charge in [-0.1, -0.05) is 0 Å². The standard InChI is InChI=1S/C24H25FN5O6P/c1-31-15-3-7-17(8-4-15)35-37(36-18-9-5-16(32-2)6-10-18)33-12-19-11-20(25)24(34-19)30-14-29-21-22(26)27-13-28-23(21)30/h3-10,13-14,19-20,24H,11-12H2,1-2H3,(H2,26,27,28). The molecule has 0 amide bonds. The van der Waals surface area contributed by atoms with Crippen molar-refractivity contribution in [1.82, 2.24) is 19.5 Å². The first kappa shape index (κ1) is 24.9. The maximum absolute atomic E-state index is 15.0. The van der Waals surface area contributed by atoms with Crippen molar-refractivity contribution in [2.24, 2.45) is 0 Å². The molecule has 0 radical (unpaired) electrons. The number of anilines is 1. The zero-order chi connectivity index (χ0) is 25.8. The molecule has 2 N–H and O–H groups in total. The molecule has 194 valence electrons. The smallest absolute Gasteiger partial charge is 0.463 e. The number of benzene rings is 2. The molecule has 1 aliphatic heterocycles. The van der Waals surface area contributed by atoms with Crippen molar-refractivity contribution in [3.05, 3.63) is 61.2 Å². The van der Waals surface area contributed by atoms with Gasteiger partial charge in [-0.15, -0.1) is 0 Å². The summed E-state index contributed by atoms with van der Waals surface area (Å²) in [4.78, 5) is 12.3. The van der Waals surface area contributed by atoms with E-state index in [2.05, 4.69) is 15.0 Å². The van der Waals surface area contributed by atoms with Gasteiger partial charge in [0.2, 0.25) is 0 Å². The van der Waals surface area contributed by atoms with Gasteiger partial charge in [-0.2, -0.15) is 0 Å². The topological polar surface area (TPSA) is 125 Å². The average molecular weight is 529 g/mol. The summed E-state index contributed by atoms with van der Waals surface area (Å²) in [6.07, 6.45) is 0.0730. The number of imidazole rings is 1. The minimum absolute atomic E-state index is 0.0404. The highest BCUT2D eigenvalue weighted by atomic mass is 31.2. The molecule has 37 heavy (non-hydrogen) atoms. The lowest BCUT2D eigenvalue weighted by atomic mass is 10.2. The second kappa shape index (κ2) is 11.1. The first-order valence-corrected chi connectivity index (χ1v) is 12.4. The Balaban J connectivity index is 1.27. The van der Waals surface area contributed by atoms with Crippen LogP contribution in [0.3, 0.4) is 0 Å². The first-order valence-electron chi connectivity index (χ1n) is 11.3. The molecule has 3 unspecified atom stereocenters. The lowest BCUT2D eigenvalue weighted by Gasteiger charge is -2.20. The van der Waals surface area contributed by atoms with Crippen molar-refractivity contribution in [3.8, 4) is 23.0 Å². The number of methoxy groups -OCH3 is 2. The highest BCUT2D eigenvalue weighted by Gasteiger charge is 2.38. The number of halogens is 1. The zero-order valence-corrected chi connectivity index (χ0v) is 21.0. The predicted molar refractivity (Wildman–Crippen MR) is 133 cm³/mol. The van der Waals surface area contributed by atoms with Crippen LogP contribution in [0.25, 0.3) is 11.2 Å². The van der Waals surface area contributed by atoms with Gasteiger partial charge in [-0.05, 0) is 48.5 Å². The van der Waals surface area contributed by atoms with Crippen molar-refractivity contribution in [3.63, 3.8) is 0 Å². The largest absolute Gasteiger partial charge is 0.497 e. The molecule has 0 saturated carbocycles. The molecule has 5 rings (SSSR count). The van der Waals surface area contributed by atoms with Crippen molar-refractivity contribution >= 4 is 25.6 Å². The van der Waals surface area contributed by atoms with E-state index < -0.39 is 27.1 Å². The summed E-state index contributed by atoms with van der Waals surface area (Å²) >= 11 is 0. The fourth-order valence-corrected chi connectivity index (χ4v) is 4.79. The molecule has 2 aromatic carbocycles. The quantitative estimate of drug-likeness (QED) is 0.295. The fraction of sp³-hybridized carbons (Fsp3) is 0.292. The van der Waals surface area contributed by atoms with E-state index in [1.54, 1.807) is 62.8 Å². The summed E-state index contributed by atoms with van der Waals surface area (Å²) in [6, 6.07) is 14.0. The van der Waals surface area contributed by atoms with Crippen molar-refractivity contribution in [2.45, 2.75) is 24.9 Å². The van der Waals surface area contributed by atoms with E-state index in [4.69, 9.17) is 33.5 Å². The summed E-state index contributed by atoms with van der Waals surface area (Å²) in [5.41, 5.74) is 6.64. The average Bonchev–Trinajstić information content (AvgIpc) is 3.52. The van der Waals surface area contributed by atoms with Crippen LogP contribution in [0.4, 0.5) is 10.2 Å². The fourth-order valence-electron chi connectivity index (χ4n) is 3.77. The molecule has 1 aliphatic rings. The third-order valence-corrected chi connectivity index (χ3v) is 6.71. The van der Waals surface area contributed by atoms with Gasteiger partial charge in [-0.3, -0.25) is 9.09 Å². The number of fused-ring (bicyclic) bond motifs is 1. The normalized spacial score (nSPS) is 19.3. The summed E-state index contributed by atoms with van der Waals surface area (Å²) in [6.45, 7) is 0.0404. The Hall–Kier alpha value is -3.73. The molecular weight excluding hydrogens is 504 g/mol. The molecule has 11 nitrogen and oxygen atoms in total. The highest BCUT2D eigenvalue weighted by Crippen LogP contribution is 2.43. The van der Waals surface area contributed by atoms with E-state index in [1.165, 1.54) is 17.2 Å². The number of hydrogen-bond acceptors (Lipinski definition) is 10. The Kier molecular flexibility index (Phi) is 7.50. The van der Waals surface area contributed by atoms with E-state index in [1.807, 2.05) is 0 Å². The highest BCUT2D eigenvalue weighted by molar-refractivity contribution is 7.42. The second-order valence-corrected chi connectivity index (χ2v) is 9.11. The SMILES string of the molecule is COc1ccc(OP(OCC2CC(F)C(n3cnc4c(N)ncnc43)O2)Oc2ccc(OC)cc2)cc1. The van der Waals surface area contributed by atoms with E-state index in [9.17, 15) is 0 Å². The van der Waals surface area contributed by atoms with Crippen LogP contribution in [0.15, 0.2) is 61.2 Å². The molecule has 0 aliphatic carbocycles. The molecule has 0 spiro atoms. The molecule has 1 fully saturated rings. The summed E-state index contributed by atoms with van der Waals surface area (Å²) in [5.74, 6) is 2.64. The minimum Gasteiger partial charge on any atom is -0.497 e. The van der Waals surface area contributed by atoms with Crippen LogP contribution in [0, 0.1) is 0 Å². The lowest BCUT2D eigenvalue weighted by Crippen LogP contribution is -2.18. The Morgan fingerprint density at radius 1 is 0.946 bits per heavy atom. The van der Waals surface area contributed by atoms with Crippen molar-refractivity contribution in [1.29, 1.82) is 0 Å². The Morgan fingerprint density at radius 2 is 1.54 bits per heavy atom. The van der Waals surface area contributed by atoms with Gasteiger partial charge in [0, 0.05) is 6.42 Å². The van der Waals surface area contributed by atoms with Crippen LogP contribution in [0.5, 0.6) is 23.0 Å². The Morgan fingerprint density at radius 3 is 2.14 bits per heavy atom. The zero-order valence-electron chi connectivity index (χ0n) is 20.1. The number of nitrogen functional groups attached to an aromatic ring is 1. The van der Waals surface area contributed by atoms with Crippen LogP contribution in [0.1, 0.15) is 12.6 Å². The summed E-state index contributed by atoms with van der Waals surface area (Å²) in [7, 11) is 1.26. The van der Waals surface area contributed by atoms with Crippen molar-refractivity contribution in [2.75, 3.05) is 26.6 Å². The van der Waals surface area contributed by atoms with Gasteiger partial charge >= 0.3 is 8.60 Å². The Labute approximate surface area is 213 Å². The third-order valence-electron chi connectivity index (χ3n) is 5.64. The van der Waals surface area contributed by atoms with Crippen LogP contribution in [-0.2, 0) is 9.26 Å². The van der Waals surface area contributed by atoms with Crippen LogP contribution < -0.4 is 24.3 Å². The number of ether oxygens (including phenoxy) is 3. The molecule has 3 heterocycles. The Bertz CT molecular complexity index is 1280. The van der Waals surface area contributed by atoms with Gasteiger partial charge < -0.3 is 29.0 Å². The molecule has 0 bridgehead atoms. The number of nitrogens with zero attached hydrogens (tertiary/aromatic N) is 4. The molecular formula is C24H25FN5O6P. The lowest BCUT2D eigenvalue weighted by molar-refractivity contribution is -0.0321. The first-order chi connectivity index (χ1) is 18.0. The summed E-state index contributed by atoms with van der Waals surface area (Å²) < 4.78 is 50.8. The van der Waals surface area contributed by atoms with Gasteiger partial charge in [0.15, 0.2) is 17.7 Å². The molecule has 3 atom stereocenters. The number of alkyl halides is 1. The van der Waals surface area contributed by atoms with Crippen LogP contribution in [0.2, 0.25) is 0 Å². The number of rotatable bonds is 10. The molecule has 1 saturated heterocycles. The van der Waals surface area contributed by atoms with Gasteiger partial charge in [0.25, 0.3) is 0 Å². The number of hydrogen-bond donors (Lipinski definition) is 1. The van der Waals surface area contributed by atoms with Gasteiger partial charge in [-0.25, -0.2) is 19.3 Å². The van der Waals surface area contributed by atoms with Gasteiger partial charge in [0.05, 0.1) is 33.3 Å². The number of nitrogens with two attached hydrogens (primary N) is 1. The second-order valence-electron chi connectivity index (χ2n) is 8.04. The monoisotopic (exact) mass is 529 g/mol. The maximum atomic E-state index is 15.0. The molecule has 13 heteroatoms. The number of aromatic nitrogens is 4.